The van der Waals surface area contributed by atoms with Crippen LogP contribution in [-0.4, -0.2) is 51.6 Å². The van der Waals surface area contributed by atoms with Crippen LogP contribution < -0.4 is 15.4 Å². The van der Waals surface area contributed by atoms with Crippen LogP contribution in [0.15, 0.2) is 29.3 Å². The Morgan fingerprint density at radius 2 is 2.15 bits per heavy atom. The molecule has 2 atom stereocenters. The van der Waals surface area contributed by atoms with Gasteiger partial charge >= 0.3 is 0 Å². The van der Waals surface area contributed by atoms with Gasteiger partial charge in [0.1, 0.15) is 11.9 Å². The summed E-state index contributed by atoms with van der Waals surface area (Å²) in [7, 11) is -2.84. The van der Waals surface area contributed by atoms with Gasteiger partial charge in [-0.05, 0) is 50.8 Å². The lowest BCUT2D eigenvalue weighted by Crippen LogP contribution is -2.40. The maximum absolute atomic E-state index is 11.5. The van der Waals surface area contributed by atoms with Crippen LogP contribution in [0, 0.1) is 12.8 Å². The van der Waals surface area contributed by atoms with E-state index < -0.39 is 9.84 Å². The molecule has 0 aliphatic carbocycles. The number of aryl methyl sites for hydroxylation is 1. The van der Waals surface area contributed by atoms with E-state index in [-0.39, 0.29) is 41.8 Å². The lowest BCUT2D eigenvalue weighted by atomic mass is 10.1. The number of nitrogens with one attached hydrogen (secondary N) is 2. The van der Waals surface area contributed by atoms with Crippen LogP contribution in [0.3, 0.4) is 0 Å². The number of sulfone groups is 1. The molecular weight excluding hydrogens is 465 g/mol. The lowest BCUT2D eigenvalue weighted by molar-refractivity contribution is 0.230. The second-order valence-corrected chi connectivity index (χ2v) is 8.84. The van der Waals surface area contributed by atoms with Crippen LogP contribution in [0.1, 0.15) is 25.8 Å². The van der Waals surface area contributed by atoms with Gasteiger partial charge in [-0.1, -0.05) is 12.1 Å². The van der Waals surface area contributed by atoms with Crippen LogP contribution in [0.5, 0.6) is 5.75 Å². The zero-order valence-electron chi connectivity index (χ0n) is 15.7. The molecule has 1 saturated heterocycles. The Labute approximate surface area is 174 Å². The van der Waals surface area contributed by atoms with Gasteiger partial charge in [-0.3, -0.25) is 0 Å². The maximum Gasteiger partial charge on any atom is 0.191 e. The van der Waals surface area contributed by atoms with Gasteiger partial charge in [-0.15, -0.1) is 24.0 Å². The van der Waals surface area contributed by atoms with Crippen LogP contribution in [0.25, 0.3) is 0 Å². The molecule has 1 aliphatic heterocycles. The fourth-order valence-corrected chi connectivity index (χ4v) is 4.66. The average Bonchev–Trinajstić information content (AvgIpc) is 2.89. The number of guanidine groups is 1. The molecule has 1 heterocycles. The van der Waals surface area contributed by atoms with Gasteiger partial charge in [0.25, 0.3) is 0 Å². The smallest absolute Gasteiger partial charge is 0.191 e. The highest BCUT2D eigenvalue weighted by molar-refractivity contribution is 14.0. The monoisotopic (exact) mass is 495 g/mol. The first-order valence-corrected chi connectivity index (χ1v) is 10.7. The molecule has 0 aromatic heterocycles. The van der Waals surface area contributed by atoms with Crippen molar-refractivity contribution in [3.63, 3.8) is 0 Å². The molecule has 26 heavy (non-hydrogen) atoms. The zero-order valence-corrected chi connectivity index (χ0v) is 18.8. The molecule has 8 heteroatoms. The van der Waals surface area contributed by atoms with Crippen LogP contribution in [0.4, 0.5) is 0 Å². The number of benzene rings is 1. The Morgan fingerprint density at radius 1 is 1.38 bits per heavy atom. The van der Waals surface area contributed by atoms with Gasteiger partial charge < -0.3 is 15.4 Å². The summed E-state index contributed by atoms with van der Waals surface area (Å²) in [6, 6.07) is 7.95. The van der Waals surface area contributed by atoms with Gasteiger partial charge in [0.15, 0.2) is 15.8 Å². The van der Waals surface area contributed by atoms with E-state index in [2.05, 4.69) is 15.6 Å². The lowest BCUT2D eigenvalue weighted by Gasteiger charge is -2.16. The number of hydrogen-bond donors (Lipinski definition) is 2. The van der Waals surface area contributed by atoms with E-state index in [1.807, 2.05) is 45.0 Å². The fraction of sp³-hybridized carbons (Fsp3) is 0.611. The number of hydrogen-bond acceptors (Lipinski definition) is 4. The summed E-state index contributed by atoms with van der Waals surface area (Å²) >= 11 is 0. The highest BCUT2D eigenvalue weighted by atomic mass is 127. The van der Waals surface area contributed by atoms with E-state index in [9.17, 15) is 8.42 Å². The zero-order chi connectivity index (χ0) is 18.3. The average molecular weight is 495 g/mol. The van der Waals surface area contributed by atoms with E-state index in [4.69, 9.17) is 4.74 Å². The van der Waals surface area contributed by atoms with Crippen molar-refractivity contribution in [1.82, 2.24) is 10.6 Å². The number of aliphatic imine (C=N–C) groups is 1. The summed E-state index contributed by atoms with van der Waals surface area (Å²) in [4.78, 5) is 4.55. The summed E-state index contributed by atoms with van der Waals surface area (Å²) in [6.07, 6.45) is 0.672. The first-order valence-electron chi connectivity index (χ1n) is 8.84. The van der Waals surface area contributed by atoms with Gasteiger partial charge in [-0.25, -0.2) is 13.4 Å². The number of nitrogens with zero attached hydrogens (tertiary/aromatic N) is 1. The quantitative estimate of drug-likeness (QED) is 0.345. The summed E-state index contributed by atoms with van der Waals surface area (Å²) < 4.78 is 29.0. The minimum absolute atomic E-state index is 0. The Bertz CT molecular complexity index is 695. The maximum atomic E-state index is 11.5. The van der Waals surface area contributed by atoms with Crippen LogP contribution in [-0.2, 0) is 9.84 Å². The first-order chi connectivity index (χ1) is 11.9. The molecule has 2 rings (SSSR count). The van der Waals surface area contributed by atoms with Crippen LogP contribution >= 0.6 is 24.0 Å². The number of rotatable bonds is 7. The third kappa shape index (κ3) is 8.11. The summed E-state index contributed by atoms with van der Waals surface area (Å²) in [5, 5.41) is 6.44. The van der Waals surface area contributed by atoms with E-state index in [1.54, 1.807) is 0 Å². The second kappa shape index (κ2) is 11.0. The summed E-state index contributed by atoms with van der Waals surface area (Å²) in [5.74, 6) is 2.28. The largest absolute Gasteiger partial charge is 0.489 e. The minimum Gasteiger partial charge on any atom is -0.489 e. The number of ether oxygens (including phenoxy) is 1. The highest BCUT2D eigenvalue weighted by Crippen LogP contribution is 2.17. The van der Waals surface area contributed by atoms with Crippen molar-refractivity contribution in [2.45, 2.75) is 33.3 Å². The fourth-order valence-electron chi connectivity index (χ4n) is 2.79. The van der Waals surface area contributed by atoms with Gasteiger partial charge in [0, 0.05) is 13.1 Å². The molecule has 1 aromatic rings. The number of halogens is 1. The molecule has 0 spiro atoms. The van der Waals surface area contributed by atoms with Crippen molar-refractivity contribution < 1.29 is 13.2 Å². The van der Waals surface area contributed by atoms with Crippen molar-refractivity contribution in [3.8, 4) is 5.75 Å². The van der Waals surface area contributed by atoms with E-state index >= 15 is 0 Å². The summed E-state index contributed by atoms with van der Waals surface area (Å²) in [6.45, 7) is 7.92. The Hall–Kier alpha value is -1.03. The van der Waals surface area contributed by atoms with Gasteiger partial charge in [0.05, 0.1) is 18.1 Å². The predicted molar refractivity (Wildman–Crippen MR) is 117 cm³/mol. The molecule has 0 saturated carbocycles. The van der Waals surface area contributed by atoms with Crippen molar-refractivity contribution in [3.05, 3.63) is 29.8 Å². The first kappa shape index (κ1) is 23.0. The molecule has 2 unspecified atom stereocenters. The normalized spacial score (nSPS) is 20.1. The molecule has 0 bridgehead atoms. The van der Waals surface area contributed by atoms with E-state index in [1.165, 1.54) is 0 Å². The predicted octanol–water partition coefficient (Wildman–Crippen LogP) is 2.37. The minimum atomic E-state index is -2.84. The van der Waals surface area contributed by atoms with Gasteiger partial charge in [0.2, 0.25) is 0 Å². The van der Waals surface area contributed by atoms with Gasteiger partial charge in [-0.2, -0.15) is 0 Å². The standard InChI is InChI=1S/C18H29N3O3S.HI/c1-4-19-18(21-12-16-8-9-25(22,23)13-16)20-11-15(3)24-17-7-5-6-14(2)10-17;/h5-7,10,15-16H,4,8-9,11-13H2,1-3H3,(H2,19,20,21);1H. The molecule has 1 aromatic carbocycles. The van der Waals surface area contributed by atoms with Crippen molar-refractivity contribution in [2.75, 3.05) is 31.1 Å². The van der Waals surface area contributed by atoms with Crippen molar-refractivity contribution >= 4 is 39.8 Å². The third-order valence-corrected chi connectivity index (χ3v) is 5.90. The topological polar surface area (TPSA) is 79.8 Å². The van der Waals surface area contributed by atoms with Crippen LogP contribution in [0.2, 0.25) is 0 Å². The molecule has 0 radical (unpaired) electrons. The SMILES string of the molecule is CCNC(=NCC(C)Oc1cccc(C)c1)NCC1CCS(=O)(=O)C1.I. The molecule has 1 aliphatic rings. The molecule has 0 amide bonds. The third-order valence-electron chi connectivity index (χ3n) is 4.06. The Balaban J connectivity index is 0.00000338. The molecule has 148 valence electrons. The molecular formula is C18H30IN3O3S. The molecule has 2 N–H and O–H groups in total. The molecule has 1 fully saturated rings. The second-order valence-electron chi connectivity index (χ2n) is 6.61. The molecule has 6 nitrogen and oxygen atoms in total. The van der Waals surface area contributed by atoms with E-state index in [0.29, 0.717) is 24.8 Å². The van der Waals surface area contributed by atoms with Crippen molar-refractivity contribution in [1.29, 1.82) is 0 Å². The highest BCUT2D eigenvalue weighted by Gasteiger charge is 2.27. The summed E-state index contributed by atoms with van der Waals surface area (Å²) in [5.41, 5.74) is 1.16. The van der Waals surface area contributed by atoms with Crippen molar-refractivity contribution in [2.24, 2.45) is 10.9 Å². The Morgan fingerprint density at radius 3 is 2.77 bits per heavy atom. The van der Waals surface area contributed by atoms with E-state index in [0.717, 1.165) is 24.3 Å². The Kier molecular flexibility index (Phi) is 9.70.